The summed E-state index contributed by atoms with van der Waals surface area (Å²) < 4.78 is 51.6. The van der Waals surface area contributed by atoms with E-state index in [2.05, 4.69) is 25.1 Å². The van der Waals surface area contributed by atoms with Gasteiger partial charge < -0.3 is 23.8 Å². The maximum atomic E-state index is 14.6. The molecule has 1 aliphatic heterocycles. The van der Waals surface area contributed by atoms with Gasteiger partial charge in [-0.1, -0.05) is 40.7 Å². The molecule has 15 heteroatoms. The first kappa shape index (κ1) is 43.7. The van der Waals surface area contributed by atoms with Crippen LogP contribution in [0.5, 0.6) is 11.5 Å². The van der Waals surface area contributed by atoms with Gasteiger partial charge in [-0.15, -0.1) is 17.9 Å². The fourth-order valence-electron chi connectivity index (χ4n) is 8.18. The molecule has 0 spiro atoms. The predicted octanol–water partition coefficient (Wildman–Crippen LogP) is 6.97. The molecule has 58 heavy (non-hydrogen) atoms. The molecule has 6 rings (SSSR count). The van der Waals surface area contributed by atoms with Gasteiger partial charge in [0.15, 0.2) is 12.1 Å². The van der Waals surface area contributed by atoms with Gasteiger partial charge in [0.1, 0.15) is 34.9 Å². The van der Waals surface area contributed by atoms with E-state index in [4.69, 9.17) is 28.9 Å². The van der Waals surface area contributed by atoms with Gasteiger partial charge in [-0.05, 0) is 69.4 Å². The lowest BCUT2D eigenvalue weighted by molar-refractivity contribution is -0.145. The van der Waals surface area contributed by atoms with Crippen molar-refractivity contribution in [3.8, 4) is 22.2 Å². The summed E-state index contributed by atoms with van der Waals surface area (Å²) in [6.45, 7) is 18.0. The number of methoxy groups -OCH3 is 2. The summed E-state index contributed by atoms with van der Waals surface area (Å²) in [5.41, 5.74) is 1.73. The van der Waals surface area contributed by atoms with E-state index < -0.39 is 51.1 Å². The van der Waals surface area contributed by atoms with Crippen molar-refractivity contribution in [2.75, 3.05) is 20.8 Å². The van der Waals surface area contributed by atoms with Crippen molar-refractivity contribution in [2.24, 2.45) is 23.2 Å². The SMILES string of the molecule is C=C[C@@H]1C[C@]1(CC(=O)[C@@H]1C[C@@H](Oc2cc(-c3nc(C(C)C)cs3)nc3c(C)c(OCC(OC)OC)ccc23)[C@@H](C)N1C(=O)[C@H](CC)C(C)C)C(=O)NS(=O)(=O)C1CC1. The molecule has 1 N–H and O–H groups in total. The average molecular weight is 839 g/mol. The molecule has 0 bridgehead atoms. The number of rotatable bonds is 19. The number of pyridine rings is 1. The molecule has 3 heterocycles. The fourth-order valence-corrected chi connectivity index (χ4v) is 10.5. The lowest BCUT2D eigenvalue weighted by Gasteiger charge is -2.33. The normalized spacial score (nSPS) is 23.8. The third-order valence-corrected chi connectivity index (χ3v) is 14.9. The van der Waals surface area contributed by atoms with Crippen LogP contribution in [0.1, 0.15) is 97.2 Å². The molecule has 3 aromatic rings. The number of aryl methyl sites for hydroxylation is 1. The van der Waals surface area contributed by atoms with Gasteiger partial charge in [0.2, 0.25) is 21.8 Å². The molecular formula is C43H58N4O9S2. The van der Waals surface area contributed by atoms with E-state index in [9.17, 15) is 22.8 Å². The van der Waals surface area contributed by atoms with E-state index in [-0.39, 0.29) is 54.8 Å². The Labute approximate surface area is 346 Å². The molecule has 6 atom stereocenters. The molecular weight excluding hydrogens is 781 g/mol. The minimum Gasteiger partial charge on any atom is -0.488 e. The van der Waals surface area contributed by atoms with Crippen molar-refractivity contribution in [1.82, 2.24) is 19.6 Å². The molecule has 1 saturated heterocycles. The Kier molecular flexibility index (Phi) is 13.1. The number of benzene rings is 1. The lowest BCUT2D eigenvalue weighted by atomic mass is 9.89. The second-order valence-corrected chi connectivity index (χ2v) is 19.5. The fraction of sp³-hybridized carbons (Fsp3) is 0.605. The Balaban J connectivity index is 1.37. The van der Waals surface area contributed by atoms with Crippen molar-refractivity contribution in [3.05, 3.63) is 47.5 Å². The number of nitrogens with zero attached hydrogens (tertiary/aromatic N) is 3. The maximum Gasteiger partial charge on any atom is 0.240 e. The number of fused-ring (bicyclic) bond motifs is 1. The molecule has 13 nitrogen and oxygen atoms in total. The van der Waals surface area contributed by atoms with Crippen molar-refractivity contribution in [2.45, 2.75) is 123 Å². The van der Waals surface area contributed by atoms with Crippen molar-refractivity contribution in [1.29, 1.82) is 0 Å². The van der Waals surface area contributed by atoms with Crippen LogP contribution in [0.4, 0.5) is 0 Å². The van der Waals surface area contributed by atoms with Crippen LogP contribution in [-0.4, -0.2) is 91.4 Å². The third-order valence-electron chi connectivity index (χ3n) is 12.2. The molecule has 3 fully saturated rings. The highest BCUT2D eigenvalue weighted by molar-refractivity contribution is 7.90. The van der Waals surface area contributed by atoms with Gasteiger partial charge >= 0.3 is 0 Å². The highest BCUT2D eigenvalue weighted by atomic mass is 32.2. The van der Waals surface area contributed by atoms with Gasteiger partial charge in [0.25, 0.3) is 0 Å². The third kappa shape index (κ3) is 8.69. The smallest absolute Gasteiger partial charge is 0.240 e. The van der Waals surface area contributed by atoms with Gasteiger partial charge in [0.05, 0.1) is 34.0 Å². The quantitative estimate of drug-likeness (QED) is 0.0981. The standard InChI is InChI=1S/C43H58N4O9S2/c1-11-27-19-43(27,42(50)46-58(51,52)28-13-14-28)20-34(48)33-18-36(26(8)47(33)41(49)29(12-2)23(3)4)56-37-17-31(40-45-32(22-57-40)24(5)6)44-39-25(7)35(16-15-30(37)39)55-21-38(53-9)54-10/h11,15-17,22-24,26-29,33,36,38H,1,12-14,18-21H2,2-10H3,(H,46,50)/t26-,27-,29-,33+,36-,43-/m1/s1. The highest BCUT2D eigenvalue weighted by Crippen LogP contribution is 2.57. The summed E-state index contributed by atoms with van der Waals surface area (Å²) >= 11 is 1.49. The number of carbonyl (C=O) groups is 3. The number of amides is 2. The minimum absolute atomic E-state index is 0.0157. The Morgan fingerprint density at radius 2 is 1.81 bits per heavy atom. The molecule has 1 aromatic carbocycles. The lowest BCUT2D eigenvalue weighted by Crippen LogP contribution is -2.49. The van der Waals surface area contributed by atoms with Crippen LogP contribution in [0.3, 0.4) is 0 Å². The number of thiazole rings is 1. The second-order valence-electron chi connectivity index (χ2n) is 16.7. The summed E-state index contributed by atoms with van der Waals surface area (Å²) in [6.07, 6.45) is 2.29. The molecule has 3 aliphatic rings. The molecule has 2 saturated carbocycles. The van der Waals surface area contributed by atoms with Crippen LogP contribution in [0.25, 0.3) is 21.6 Å². The number of likely N-dealkylation sites (tertiary alicyclic amines) is 1. The number of sulfonamides is 1. The van der Waals surface area contributed by atoms with Crippen molar-refractivity contribution >= 4 is 49.9 Å². The second kappa shape index (κ2) is 17.4. The van der Waals surface area contributed by atoms with Crippen molar-refractivity contribution in [3.63, 3.8) is 0 Å². The van der Waals surface area contributed by atoms with Crippen LogP contribution in [0.15, 0.2) is 36.2 Å². The van der Waals surface area contributed by atoms with Crippen LogP contribution in [0, 0.1) is 30.1 Å². The number of hydrogen-bond donors (Lipinski definition) is 1. The van der Waals surface area contributed by atoms with E-state index in [1.807, 2.05) is 58.2 Å². The summed E-state index contributed by atoms with van der Waals surface area (Å²) in [5.74, 6) is -0.486. The summed E-state index contributed by atoms with van der Waals surface area (Å²) in [7, 11) is -0.741. The van der Waals surface area contributed by atoms with Crippen LogP contribution in [-0.2, 0) is 33.9 Å². The number of carbonyl (C=O) groups excluding carboxylic acids is 3. The first-order valence-corrected chi connectivity index (χ1v) is 22.7. The number of allylic oxidation sites excluding steroid dienone is 1. The topological polar surface area (TPSA) is 163 Å². The number of Topliss-reactive ketones (excluding diaryl/α,β-unsaturated/α-hetero) is 1. The van der Waals surface area contributed by atoms with Crippen LogP contribution in [0.2, 0.25) is 0 Å². The minimum atomic E-state index is -3.83. The summed E-state index contributed by atoms with van der Waals surface area (Å²) in [5, 5.41) is 2.88. The Bertz CT molecular complexity index is 2150. The van der Waals surface area contributed by atoms with E-state index >= 15 is 0 Å². The largest absolute Gasteiger partial charge is 0.488 e. The molecule has 2 aliphatic carbocycles. The Hall–Kier alpha value is -3.92. The Morgan fingerprint density at radius 1 is 1.10 bits per heavy atom. The first-order chi connectivity index (χ1) is 27.5. The van der Waals surface area contributed by atoms with Gasteiger partial charge in [-0.25, -0.2) is 18.4 Å². The zero-order chi connectivity index (χ0) is 42.3. The van der Waals surface area contributed by atoms with Gasteiger partial charge in [-0.2, -0.15) is 0 Å². The van der Waals surface area contributed by atoms with Crippen molar-refractivity contribution < 1.29 is 41.7 Å². The zero-order valence-corrected chi connectivity index (χ0v) is 36.7. The Morgan fingerprint density at radius 3 is 2.38 bits per heavy atom. The molecule has 2 aromatic heterocycles. The predicted molar refractivity (Wildman–Crippen MR) is 223 cm³/mol. The number of hydrogen-bond acceptors (Lipinski definition) is 12. The monoisotopic (exact) mass is 838 g/mol. The van der Waals surface area contributed by atoms with E-state index in [1.54, 1.807) is 25.2 Å². The molecule has 0 unspecified atom stereocenters. The molecule has 2 amide bonds. The van der Waals surface area contributed by atoms with Crippen LogP contribution >= 0.6 is 11.3 Å². The maximum absolute atomic E-state index is 14.6. The van der Waals surface area contributed by atoms with Gasteiger partial charge in [0, 0.05) is 55.4 Å². The zero-order valence-electron chi connectivity index (χ0n) is 35.1. The molecule has 0 radical (unpaired) electrons. The van der Waals surface area contributed by atoms with Crippen LogP contribution < -0.4 is 14.2 Å². The number of ketones is 1. The molecule has 316 valence electrons. The van der Waals surface area contributed by atoms with Gasteiger partial charge in [-0.3, -0.25) is 19.1 Å². The number of nitrogens with one attached hydrogen (secondary N) is 1. The van der Waals surface area contributed by atoms with E-state index in [0.29, 0.717) is 48.4 Å². The summed E-state index contributed by atoms with van der Waals surface area (Å²) in [4.78, 5) is 54.4. The number of aromatic nitrogens is 2. The average Bonchev–Trinajstić information content (AvgIpc) is 4.08. The summed E-state index contributed by atoms with van der Waals surface area (Å²) in [6, 6.07) is 4.19. The number of ether oxygens (including phenoxy) is 4. The van der Waals surface area contributed by atoms with E-state index in [0.717, 1.165) is 21.7 Å². The van der Waals surface area contributed by atoms with E-state index in [1.165, 1.54) is 11.3 Å². The highest BCUT2D eigenvalue weighted by Gasteiger charge is 2.62. The first-order valence-electron chi connectivity index (χ1n) is 20.3.